The summed E-state index contributed by atoms with van der Waals surface area (Å²) in [6.45, 7) is 3.33. The predicted octanol–water partition coefficient (Wildman–Crippen LogP) is 4.29. The van der Waals surface area contributed by atoms with Crippen molar-refractivity contribution in [2.45, 2.75) is 71.3 Å². The zero-order valence-electron chi connectivity index (χ0n) is 18.3. The van der Waals surface area contributed by atoms with Crippen LogP contribution in [0.2, 0.25) is 0 Å². The van der Waals surface area contributed by atoms with E-state index in [0.29, 0.717) is 25.1 Å². The molecule has 1 aromatic carbocycles. The van der Waals surface area contributed by atoms with E-state index in [0.717, 1.165) is 55.5 Å². The molecular formula is C25H34N2O3. The maximum Gasteiger partial charge on any atom is 0.263 e. The lowest BCUT2D eigenvalue weighted by Crippen LogP contribution is -2.36. The lowest BCUT2D eigenvalue weighted by molar-refractivity contribution is 0.0951. The summed E-state index contributed by atoms with van der Waals surface area (Å²) >= 11 is 0. The molecule has 5 nitrogen and oxygen atoms in total. The zero-order chi connectivity index (χ0) is 21.3. The number of methoxy groups -OCH3 is 1. The summed E-state index contributed by atoms with van der Waals surface area (Å²) in [4.78, 5) is 26.1. The molecule has 30 heavy (non-hydrogen) atoms. The highest BCUT2D eigenvalue weighted by Crippen LogP contribution is 2.20. The number of benzene rings is 1. The molecular weight excluding hydrogens is 376 g/mol. The summed E-state index contributed by atoms with van der Waals surface area (Å²) in [6.07, 6.45) is 9.26. The van der Waals surface area contributed by atoms with Gasteiger partial charge in [0.15, 0.2) is 0 Å². The number of aryl methyl sites for hydroxylation is 1. The number of nitrogens with one attached hydrogen (secondary N) is 1. The van der Waals surface area contributed by atoms with Gasteiger partial charge in [-0.15, -0.1) is 0 Å². The van der Waals surface area contributed by atoms with Crippen LogP contribution in [0.25, 0.3) is 0 Å². The smallest absolute Gasteiger partial charge is 0.263 e. The van der Waals surface area contributed by atoms with Crippen LogP contribution in [-0.2, 0) is 25.8 Å². The standard InChI is InChI=1S/C25H34N2O3/c1-3-4-17-27-23-10-8-6-5-7-9-20(23)18-22(25(27)29)24(28)26-16-15-19-11-13-21(30-2)14-12-19/h11-14,18H,3-10,15-17H2,1-2H3,(H,26,28). The van der Waals surface area contributed by atoms with Gasteiger partial charge in [-0.3, -0.25) is 9.59 Å². The summed E-state index contributed by atoms with van der Waals surface area (Å²) in [5.41, 5.74) is 3.62. The molecule has 0 spiro atoms. The van der Waals surface area contributed by atoms with Crippen molar-refractivity contribution in [3.63, 3.8) is 0 Å². The minimum Gasteiger partial charge on any atom is -0.497 e. The van der Waals surface area contributed by atoms with E-state index in [1.165, 1.54) is 18.4 Å². The van der Waals surface area contributed by atoms with Gasteiger partial charge in [-0.2, -0.15) is 0 Å². The number of hydrogen-bond acceptors (Lipinski definition) is 3. The minimum absolute atomic E-state index is 0.135. The number of amides is 1. The van der Waals surface area contributed by atoms with Crippen LogP contribution in [-0.4, -0.2) is 24.1 Å². The number of pyridine rings is 1. The number of ether oxygens (including phenoxy) is 1. The number of fused-ring (bicyclic) bond motifs is 1. The Morgan fingerprint density at radius 3 is 2.53 bits per heavy atom. The van der Waals surface area contributed by atoms with Gasteiger partial charge >= 0.3 is 0 Å². The van der Waals surface area contributed by atoms with Gasteiger partial charge in [0.05, 0.1) is 7.11 Å². The Morgan fingerprint density at radius 1 is 1.10 bits per heavy atom. The van der Waals surface area contributed by atoms with Gasteiger partial charge in [0, 0.05) is 18.8 Å². The van der Waals surface area contributed by atoms with Crippen molar-refractivity contribution < 1.29 is 9.53 Å². The molecule has 2 aromatic rings. The van der Waals surface area contributed by atoms with E-state index in [9.17, 15) is 9.59 Å². The highest BCUT2D eigenvalue weighted by molar-refractivity contribution is 5.94. The SMILES string of the molecule is CCCCn1c2c(cc(C(=O)NCCc3ccc(OC)cc3)c1=O)CCCCCC2. The molecule has 1 aliphatic carbocycles. The Kier molecular flexibility index (Phi) is 8.12. The fourth-order valence-electron chi connectivity index (χ4n) is 4.16. The molecule has 5 heteroatoms. The van der Waals surface area contributed by atoms with Crippen molar-refractivity contribution in [1.29, 1.82) is 0 Å². The maximum atomic E-state index is 13.2. The number of hydrogen-bond donors (Lipinski definition) is 1. The molecule has 1 aromatic heterocycles. The fraction of sp³-hybridized carbons (Fsp3) is 0.520. The second-order valence-corrected chi connectivity index (χ2v) is 8.11. The summed E-state index contributed by atoms with van der Waals surface area (Å²) in [5, 5.41) is 2.95. The average molecular weight is 411 g/mol. The summed E-state index contributed by atoms with van der Waals surface area (Å²) in [6, 6.07) is 9.69. The van der Waals surface area contributed by atoms with Crippen molar-refractivity contribution in [1.82, 2.24) is 9.88 Å². The number of aromatic nitrogens is 1. The van der Waals surface area contributed by atoms with Gasteiger partial charge in [0.25, 0.3) is 11.5 Å². The average Bonchev–Trinajstić information content (AvgIpc) is 2.74. The predicted molar refractivity (Wildman–Crippen MR) is 121 cm³/mol. The van der Waals surface area contributed by atoms with E-state index in [4.69, 9.17) is 4.74 Å². The molecule has 0 saturated heterocycles. The maximum absolute atomic E-state index is 13.2. The molecule has 0 atom stereocenters. The molecule has 0 unspecified atom stereocenters. The van der Waals surface area contributed by atoms with Crippen molar-refractivity contribution in [2.24, 2.45) is 0 Å². The third kappa shape index (κ3) is 5.53. The quantitative estimate of drug-likeness (QED) is 0.706. The zero-order valence-corrected chi connectivity index (χ0v) is 18.3. The van der Waals surface area contributed by atoms with E-state index in [2.05, 4.69) is 12.2 Å². The second-order valence-electron chi connectivity index (χ2n) is 8.11. The molecule has 0 aliphatic heterocycles. The number of carbonyl (C=O) groups is 1. The third-order valence-corrected chi connectivity index (χ3v) is 5.94. The highest BCUT2D eigenvalue weighted by atomic mass is 16.5. The van der Waals surface area contributed by atoms with E-state index >= 15 is 0 Å². The van der Waals surface area contributed by atoms with Gasteiger partial charge in [-0.25, -0.2) is 0 Å². The van der Waals surface area contributed by atoms with Crippen LogP contribution in [0.3, 0.4) is 0 Å². The summed E-state index contributed by atoms with van der Waals surface area (Å²) in [5.74, 6) is 0.555. The van der Waals surface area contributed by atoms with E-state index in [-0.39, 0.29) is 11.5 Å². The molecule has 0 saturated carbocycles. The van der Waals surface area contributed by atoms with E-state index in [1.807, 2.05) is 34.9 Å². The second kappa shape index (κ2) is 11.0. The lowest BCUT2D eigenvalue weighted by Gasteiger charge is -2.21. The molecule has 0 radical (unpaired) electrons. The van der Waals surface area contributed by atoms with Crippen LogP contribution in [0.4, 0.5) is 0 Å². The first-order valence-corrected chi connectivity index (χ1v) is 11.3. The van der Waals surface area contributed by atoms with Crippen LogP contribution in [0.15, 0.2) is 35.1 Å². The molecule has 1 amide bonds. The Morgan fingerprint density at radius 2 is 1.83 bits per heavy atom. The third-order valence-electron chi connectivity index (χ3n) is 5.94. The number of carbonyl (C=O) groups excluding carboxylic acids is 1. The van der Waals surface area contributed by atoms with Crippen molar-refractivity contribution in [2.75, 3.05) is 13.7 Å². The van der Waals surface area contributed by atoms with E-state index in [1.54, 1.807) is 7.11 Å². The Balaban J connectivity index is 1.76. The van der Waals surface area contributed by atoms with Gasteiger partial charge in [-0.05, 0) is 67.9 Å². The molecule has 0 bridgehead atoms. The highest BCUT2D eigenvalue weighted by Gasteiger charge is 2.19. The Hall–Kier alpha value is -2.56. The monoisotopic (exact) mass is 410 g/mol. The van der Waals surface area contributed by atoms with Crippen LogP contribution in [0, 0.1) is 0 Å². The first-order chi connectivity index (χ1) is 14.6. The topological polar surface area (TPSA) is 60.3 Å². The van der Waals surface area contributed by atoms with Crippen LogP contribution in [0.5, 0.6) is 5.75 Å². The van der Waals surface area contributed by atoms with Crippen molar-refractivity contribution >= 4 is 5.91 Å². The first-order valence-electron chi connectivity index (χ1n) is 11.3. The van der Waals surface area contributed by atoms with Crippen LogP contribution >= 0.6 is 0 Å². The lowest BCUT2D eigenvalue weighted by atomic mass is 9.95. The van der Waals surface area contributed by atoms with Gasteiger partial charge in [0.1, 0.15) is 11.3 Å². The van der Waals surface area contributed by atoms with Crippen LogP contribution in [0.1, 0.15) is 72.6 Å². The largest absolute Gasteiger partial charge is 0.497 e. The summed E-state index contributed by atoms with van der Waals surface area (Å²) < 4.78 is 7.07. The fourth-order valence-corrected chi connectivity index (χ4v) is 4.16. The summed E-state index contributed by atoms with van der Waals surface area (Å²) in [7, 11) is 1.64. The molecule has 3 rings (SSSR count). The Bertz CT molecular complexity index is 900. The van der Waals surface area contributed by atoms with Gasteiger partial charge in [0.2, 0.25) is 0 Å². The van der Waals surface area contributed by atoms with Crippen molar-refractivity contribution in [3.05, 3.63) is 63.1 Å². The number of nitrogens with zero attached hydrogens (tertiary/aromatic N) is 1. The molecule has 1 heterocycles. The van der Waals surface area contributed by atoms with Crippen molar-refractivity contribution in [3.8, 4) is 5.75 Å². The first kappa shape index (κ1) is 22.1. The normalized spacial score (nSPS) is 13.8. The molecule has 1 N–H and O–H groups in total. The van der Waals surface area contributed by atoms with Crippen LogP contribution < -0.4 is 15.6 Å². The number of rotatable bonds is 8. The minimum atomic E-state index is -0.261. The molecule has 0 fully saturated rings. The molecule has 162 valence electrons. The number of unbranched alkanes of at least 4 members (excludes halogenated alkanes) is 1. The molecule has 1 aliphatic rings. The Labute approximate surface area is 179 Å². The van der Waals surface area contributed by atoms with Gasteiger partial charge in [-0.1, -0.05) is 38.3 Å². The van der Waals surface area contributed by atoms with E-state index < -0.39 is 0 Å². The van der Waals surface area contributed by atoms with Gasteiger partial charge < -0.3 is 14.6 Å².